The number of thiazole rings is 1. The van der Waals surface area contributed by atoms with Gasteiger partial charge in [-0.15, -0.1) is 23.0 Å². The first-order valence-electron chi connectivity index (χ1n) is 7.54. The van der Waals surface area contributed by atoms with Crippen molar-refractivity contribution in [3.63, 3.8) is 0 Å². The Bertz CT molecular complexity index is 704. The zero-order chi connectivity index (χ0) is 15.1. The average Bonchev–Trinajstić information content (AvgIpc) is 2.91. The van der Waals surface area contributed by atoms with Crippen LogP contribution in [-0.2, 0) is 11.3 Å². The van der Waals surface area contributed by atoms with Crippen LogP contribution in [0.3, 0.4) is 0 Å². The normalized spacial score (nSPS) is 21.5. The fourth-order valence-corrected chi connectivity index (χ4v) is 3.55. The summed E-state index contributed by atoms with van der Waals surface area (Å²) >= 11 is 1.50. The van der Waals surface area contributed by atoms with Gasteiger partial charge in [-0.25, -0.2) is 14.6 Å². The Hall–Kier alpha value is -2.02. The van der Waals surface area contributed by atoms with Gasteiger partial charge in [0.1, 0.15) is 5.82 Å². The van der Waals surface area contributed by atoms with Crippen molar-refractivity contribution < 1.29 is 4.79 Å². The fourth-order valence-electron chi connectivity index (χ4n) is 2.98. The van der Waals surface area contributed by atoms with Crippen molar-refractivity contribution in [2.75, 3.05) is 6.54 Å². The van der Waals surface area contributed by atoms with E-state index >= 15 is 0 Å². The van der Waals surface area contributed by atoms with E-state index < -0.39 is 0 Å². The number of allylic oxidation sites excluding steroid dienone is 1. The third kappa shape index (κ3) is 2.25. The second-order valence-electron chi connectivity index (χ2n) is 5.71. The molecule has 2 aromatic rings. The number of rotatable bonds is 5. The van der Waals surface area contributed by atoms with E-state index in [1.165, 1.54) is 11.3 Å². The topological polar surface area (TPSA) is 63.9 Å². The highest BCUT2D eigenvalue weighted by Gasteiger charge is 2.43. The minimum absolute atomic E-state index is 0.179. The smallest absolute Gasteiger partial charge is 0.233 e. The van der Waals surface area contributed by atoms with Crippen LogP contribution in [0.4, 0.5) is 0 Å². The van der Waals surface area contributed by atoms with E-state index in [0.29, 0.717) is 18.4 Å². The molecule has 2 aliphatic rings. The van der Waals surface area contributed by atoms with Crippen LogP contribution < -0.4 is 0 Å². The van der Waals surface area contributed by atoms with Gasteiger partial charge in [-0.05, 0) is 19.3 Å². The Kier molecular flexibility index (Phi) is 3.29. The summed E-state index contributed by atoms with van der Waals surface area (Å²) < 4.78 is 1.79. The van der Waals surface area contributed by atoms with Gasteiger partial charge >= 0.3 is 0 Å². The summed E-state index contributed by atoms with van der Waals surface area (Å²) in [5, 5.41) is 7.21. The highest BCUT2D eigenvalue weighted by Crippen LogP contribution is 2.36. The van der Waals surface area contributed by atoms with E-state index in [4.69, 9.17) is 0 Å². The number of carbonyl (C=O) groups is 1. The molecule has 0 aromatic carbocycles. The van der Waals surface area contributed by atoms with Crippen LogP contribution in [0, 0.1) is 0 Å². The number of aromatic nitrogens is 4. The van der Waals surface area contributed by atoms with Crippen LogP contribution in [0.25, 0.3) is 10.8 Å². The lowest BCUT2D eigenvalue weighted by Gasteiger charge is -2.15. The summed E-state index contributed by atoms with van der Waals surface area (Å²) in [7, 11) is 0. The van der Waals surface area contributed by atoms with Gasteiger partial charge in [0, 0.05) is 24.2 Å². The molecular formula is C15H17N5OS. The molecule has 114 valence electrons. The van der Waals surface area contributed by atoms with E-state index in [-0.39, 0.29) is 11.8 Å². The molecule has 4 rings (SSSR count). The molecule has 0 bridgehead atoms. The molecule has 1 unspecified atom stereocenters. The molecule has 1 saturated carbocycles. The predicted octanol–water partition coefficient (Wildman–Crippen LogP) is 2.07. The minimum Gasteiger partial charge on any atom is -0.339 e. The molecule has 1 amide bonds. The molecule has 2 fully saturated rings. The van der Waals surface area contributed by atoms with Crippen molar-refractivity contribution in [3.8, 4) is 10.8 Å². The largest absolute Gasteiger partial charge is 0.339 e. The van der Waals surface area contributed by atoms with Gasteiger partial charge in [0.25, 0.3) is 0 Å². The van der Waals surface area contributed by atoms with Gasteiger partial charge in [0.05, 0.1) is 12.5 Å². The molecule has 1 aliphatic heterocycles. The zero-order valence-corrected chi connectivity index (χ0v) is 13.0. The molecule has 1 saturated heterocycles. The monoisotopic (exact) mass is 315 g/mol. The Balaban J connectivity index is 1.68. The van der Waals surface area contributed by atoms with Gasteiger partial charge in [-0.3, -0.25) is 4.79 Å². The van der Waals surface area contributed by atoms with Crippen LogP contribution in [0.2, 0.25) is 0 Å². The van der Waals surface area contributed by atoms with Gasteiger partial charge < -0.3 is 4.90 Å². The second-order valence-corrected chi connectivity index (χ2v) is 6.60. The van der Waals surface area contributed by atoms with E-state index in [2.05, 4.69) is 21.6 Å². The Morgan fingerprint density at radius 2 is 2.27 bits per heavy atom. The van der Waals surface area contributed by atoms with Crippen molar-refractivity contribution in [1.29, 1.82) is 0 Å². The third-order valence-corrected chi connectivity index (χ3v) is 4.93. The molecule has 0 N–H and O–H groups in total. The molecule has 0 spiro atoms. The van der Waals surface area contributed by atoms with Crippen molar-refractivity contribution in [1.82, 2.24) is 24.6 Å². The van der Waals surface area contributed by atoms with Gasteiger partial charge in [-0.2, -0.15) is 0 Å². The van der Waals surface area contributed by atoms with Crippen LogP contribution in [0.15, 0.2) is 24.2 Å². The van der Waals surface area contributed by atoms with Gasteiger partial charge in [0.15, 0.2) is 5.01 Å². The van der Waals surface area contributed by atoms with E-state index in [0.717, 1.165) is 36.6 Å². The molecule has 6 nitrogen and oxygen atoms in total. The number of hydrogen-bond donors (Lipinski definition) is 0. The maximum atomic E-state index is 12.6. The quantitative estimate of drug-likeness (QED) is 0.792. The second kappa shape index (κ2) is 5.31. The SMILES string of the molecule is C=CCn1nc(-c2nccs2)nc1C1CCN(C2CC2)C1=O. The minimum atomic E-state index is -0.179. The van der Waals surface area contributed by atoms with E-state index in [1.807, 2.05) is 10.3 Å². The average molecular weight is 315 g/mol. The van der Waals surface area contributed by atoms with Crippen molar-refractivity contribution >= 4 is 17.2 Å². The number of likely N-dealkylation sites (tertiary alicyclic amines) is 1. The van der Waals surface area contributed by atoms with Crippen molar-refractivity contribution in [3.05, 3.63) is 30.1 Å². The summed E-state index contributed by atoms with van der Waals surface area (Å²) in [4.78, 5) is 23.5. The van der Waals surface area contributed by atoms with Crippen LogP contribution in [-0.4, -0.2) is 43.1 Å². The lowest BCUT2D eigenvalue weighted by Crippen LogP contribution is -2.29. The first-order valence-corrected chi connectivity index (χ1v) is 8.42. The van der Waals surface area contributed by atoms with Crippen LogP contribution in [0.5, 0.6) is 0 Å². The molecule has 0 radical (unpaired) electrons. The molecule has 1 aliphatic carbocycles. The van der Waals surface area contributed by atoms with Gasteiger partial charge in [-0.1, -0.05) is 6.08 Å². The molecule has 22 heavy (non-hydrogen) atoms. The van der Waals surface area contributed by atoms with Gasteiger partial charge in [0.2, 0.25) is 11.7 Å². The van der Waals surface area contributed by atoms with Crippen LogP contribution >= 0.6 is 11.3 Å². The molecule has 3 heterocycles. The first kappa shape index (κ1) is 13.6. The maximum absolute atomic E-state index is 12.6. The summed E-state index contributed by atoms with van der Waals surface area (Å²) in [6, 6.07) is 0.465. The lowest BCUT2D eigenvalue weighted by atomic mass is 10.1. The molecular weight excluding hydrogens is 298 g/mol. The summed E-state index contributed by atoms with van der Waals surface area (Å²) in [6.45, 7) is 5.16. The highest BCUT2D eigenvalue weighted by atomic mass is 32.1. The molecule has 7 heteroatoms. The number of nitrogens with zero attached hydrogens (tertiary/aromatic N) is 5. The lowest BCUT2D eigenvalue weighted by molar-refractivity contribution is -0.129. The number of amides is 1. The van der Waals surface area contributed by atoms with E-state index in [9.17, 15) is 4.79 Å². The third-order valence-electron chi connectivity index (χ3n) is 4.17. The molecule has 2 aromatic heterocycles. The first-order chi connectivity index (χ1) is 10.8. The Labute approximate surface area is 132 Å². The van der Waals surface area contributed by atoms with Crippen LogP contribution in [0.1, 0.15) is 31.0 Å². The predicted molar refractivity (Wildman–Crippen MR) is 83.4 cm³/mol. The standard InChI is InChI=1S/C15H17N5OS/c1-2-7-20-13(17-12(18-20)14-16-6-9-22-14)11-5-8-19(15(11)21)10-3-4-10/h2,6,9-11H,1,3-5,7-8H2. The Morgan fingerprint density at radius 3 is 2.95 bits per heavy atom. The summed E-state index contributed by atoms with van der Waals surface area (Å²) in [5.41, 5.74) is 0. The zero-order valence-electron chi connectivity index (χ0n) is 12.2. The number of hydrogen-bond acceptors (Lipinski definition) is 5. The van der Waals surface area contributed by atoms with E-state index in [1.54, 1.807) is 17.0 Å². The highest BCUT2D eigenvalue weighted by molar-refractivity contribution is 7.12. The summed E-state index contributed by atoms with van der Waals surface area (Å²) in [6.07, 6.45) is 6.62. The molecule has 1 atom stereocenters. The Morgan fingerprint density at radius 1 is 1.41 bits per heavy atom. The van der Waals surface area contributed by atoms with Crippen molar-refractivity contribution in [2.24, 2.45) is 0 Å². The maximum Gasteiger partial charge on any atom is 0.233 e. The van der Waals surface area contributed by atoms with Crippen molar-refractivity contribution in [2.45, 2.75) is 37.8 Å². The summed E-state index contributed by atoms with van der Waals surface area (Å²) in [5.74, 6) is 1.37. The fraction of sp³-hybridized carbons (Fsp3) is 0.467. The number of carbonyl (C=O) groups excluding carboxylic acids is 1.